The number of methoxy groups -OCH3 is 1. The third-order valence-electron chi connectivity index (χ3n) is 2.76. The lowest BCUT2D eigenvalue weighted by atomic mass is 10.1. The molecular weight excluding hydrogens is 232 g/mol. The van der Waals surface area contributed by atoms with E-state index < -0.39 is 0 Å². The van der Waals surface area contributed by atoms with Crippen molar-refractivity contribution in [2.24, 2.45) is 0 Å². The van der Waals surface area contributed by atoms with Crippen LogP contribution < -0.4 is 5.32 Å². The van der Waals surface area contributed by atoms with Gasteiger partial charge in [-0.3, -0.25) is 9.48 Å². The summed E-state index contributed by atoms with van der Waals surface area (Å²) in [6.07, 6.45) is 7.32. The molecule has 0 aliphatic carbocycles. The molecule has 0 aliphatic rings. The minimum absolute atomic E-state index is 0.177. The van der Waals surface area contributed by atoms with Gasteiger partial charge in [-0.2, -0.15) is 0 Å². The van der Waals surface area contributed by atoms with Gasteiger partial charge in [-0.05, 0) is 19.4 Å². The van der Waals surface area contributed by atoms with Gasteiger partial charge in [0.05, 0.1) is 13.3 Å². The Morgan fingerprint density at radius 1 is 1.50 bits per heavy atom. The topological polar surface area (TPSA) is 69.0 Å². The molecule has 6 nitrogen and oxygen atoms in total. The molecule has 0 saturated carbocycles. The van der Waals surface area contributed by atoms with Crippen LogP contribution in [-0.2, 0) is 16.1 Å². The molecule has 0 fully saturated rings. The first-order valence-corrected chi connectivity index (χ1v) is 6.43. The number of nitrogens with zero attached hydrogens (tertiary/aromatic N) is 3. The summed E-state index contributed by atoms with van der Waals surface area (Å²) >= 11 is 0. The van der Waals surface area contributed by atoms with E-state index in [4.69, 9.17) is 4.74 Å². The first kappa shape index (κ1) is 14.6. The molecule has 0 aliphatic heterocycles. The fraction of sp³-hybridized carbons (Fsp3) is 0.750. The number of aromatic nitrogens is 3. The molecule has 6 heteroatoms. The van der Waals surface area contributed by atoms with Gasteiger partial charge in [0, 0.05) is 12.7 Å². The van der Waals surface area contributed by atoms with Crippen molar-refractivity contribution >= 4 is 5.97 Å². The number of esters is 1. The summed E-state index contributed by atoms with van der Waals surface area (Å²) in [4.78, 5) is 11.5. The standard InChI is InChI=1S/C12H22N4O2/c1-3-4-6-11(12(17)18-2)13-7-5-9-16-10-8-14-15-16/h8,10-11,13H,3-7,9H2,1-2H3. The Labute approximate surface area is 108 Å². The predicted octanol–water partition coefficient (Wildman–Crippen LogP) is 0.990. The second-order valence-corrected chi connectivity index (χ2v) is 4.19. The minimum atomic E-state index is -0.189. The maximum Gasteiger partial charge on any atom is 0.322 e. The van der Waals surface area contributed by atoms with Crippen molar-refractivity contribution in [2.75, 3.05) is 13.7 Å². The molecule has 1 aromatic heterocycles. The van der Waals surface area contributed by atoms with E-state index >= 15 is 0 Å². The maximum absolute atomic E-state index is 11.5. The summed E-state index contributed by atoms with van der Waals surface area (Å²) in [6.45, 7) is 3.68. The molecule has 0 radical (unpaired) electrons. The zero-order chi connectivity index (χ0) is 13.2. The molecule has 0 bridgehead atoms. The lowest BCUT2D eigenvalue weighted by Gasteiger charge is -2.15. The number of ether oxygens (including phenoxy) is 1. The van der Waals surface area contributed by atoms with Crippen LogP contribution in [0.3, 0.4) is 0 Å². The van der Waals surface area contributed by atoms with Crippen molar-refractivity contribution in [1.82, 2.24) is 20.3 Å². The summed E-state index contributed by atoms with van der Waals surface area (Å²) in [5, 5.41) is 10.8. The third-order valence-corrected chi connectivity index (χ3v) is 2.76. The average Bonchev–Trinajstić information content (AvgIpc) is 2.90. The van der Waals surface area contributed by atoms with E-state index in [1.165, 1.54) is 7.11 Å². The summed E-state index contributed by atoms with van der Waals surface area (Å²) < 4.78 is 6.56. The predicted molar refractivity (Wildman–Crippen MR) is 68.0 cm³/mol. The quantitative estimate of drug-likeness (QED) is 0.525. The number of nitrogens with one attached hydrogen (secondary N) is 1. The lowest BCUT2D eigenvalue weighted by Crippen LogP contribution is -2.38. The number of hydrogen-bond acceptors (Lipinski definition) is 5. The number of carbonyl (C=O) groups excluding carboxylic acids is 1. The van der Waals surface area contributed by atoms with Crippen LogP contribution in [0.15, 0.2) is 12.4 Å². The molecule has 1 heterocycles. The summed E-state index contributed by atoms with van der Waals surface area (Å²) in [7, 11) is 1.43. The van der Waals surface area contributed by atoms with Crippen molar-refractivity contribution in [3.05, 3.63) is 12.4 Å². The van der Waals surface area contributed by atoms with E-state index in [9.17, 15) is 4.79 Å². The van der Waals surface area contributed by atoms with Gasteiger partial charge in [-0.15, -0.1) is 5.10 Å². The second kappa shape index (κ2) is 8.63. The fourth-order valence-corrected chi connectivity index (χ4v) is 1.72. The smallest absolute Gasteiger partial charge is 0.322 e. The molecule has 18 heavy (non-hydrogen) atoms. The SMILES string of the molecule is CCCCC(NCCCn1ccnn1)C(=O)OC. The molecule has 1 N–H and O–H groups in total. The molecule has 0 spiro atoms. The van der Waals surface area contributed by atoms with Crippen LogP contribution in [0.4, 0.5) is 0 Å². The third kappa shape index (κ3) is 5.27. The molecule has 0 aromatic carbocycles. The summed E-state index contributed by atoms with van der Waals surface area (Å²) in [5.74, 6) is -0.177. The Hall–Kier alpha value is -1.43. The average molecular weight is 254 g/mol. The monoisotopic (exact) mass is 254 g/mol. The van der Waals surface area contributed by atoms with Crippen molar-refractivity contribution in [3.63, 3.8) is 0 Å². The maximum atomic E-state index is 11.5. The number of hydrogen-bond donors (Lipinski definition) is 1. The van der Waals surface area contributed by atoms with Gasteiger partial charge in [0.1, 0.15) is 6.04 Å². The van der Waals surface area contributed by atoms with E-state index in [-0.39, 0.29) is 12.0 Å². The highest BCUT2D eigenvalue weighted by atomic mass is 16.5. The molecule has 102 valence electrons. The van der Waals surface area contributed by atoms with Crippen LogP contribution in [0, 0.1) is 0 Å². The number of carbonyl (C=O) groups is 1. The van der Waals surface area contributed by atoms with Gasteiger partial charge in [-0.25, -0.2) is 0 Å². The first-order chi connectivity index (χ1) is 8.77. The minimum Gasteiger partial charge on any atom is -0.468 e. The molecule has 1 rings (SSSR count). The first-order valence-electron chi connectivity index (χ1n) is 6.43. The molecule has 0 amide bonds. The van der Waals surface area contributed by atoms with Crippen LogP contribution in [-0.4, -0.2) is 40.7 Å². The molecular formula is C12H22N4O2. The number of rotatable bonds is 9. The van der Waals surface area contributed by atoms with E-state index in [1.54, 1.807) is 10.9 Å². The Bertz CT molecular complexity index is 327. The zero-order valence-corrected chi connectivity index (χ0v) is 11.1. The van der Waals surface area contributed by atoms with Gasteiger partial charge in [-0.1, -0.05) is 25.0 Å². The Kier molecular flexibility index (Phi) is 7.01. The van der Waals surface area contributed by atoms with E-state index in [1.807, 2.05) is 6.20 Å². The van der Waals surface area contributed by atoms with Crippen LogP contribution in [0.1, 0.15) is 32.6 Å². The van der Waals surface area contributed by atoms with Gasteiger partial charge in [0.2, 0.25) is 0 Å². The highest BCUT2D eigenvalue weighted by Gasteiger charge is 2.17. The fourth-order valence-electron chi connectivity index (χ4n) is 1.72. The van der Waals surface area contributed by atoms with Crippen LogP contribution in [0.25, 0.3) is 0 Å². The van der Waals surface area contributed by atoms with E-state index in [2.05, 4.69) is 22.6 Å². The highest BCUT2D eigenvalue weighted by Crippen LogP contribution is 2.02. The summed E-state index contributed by atoms with van der Waals surface area (Å²) in [6, 6.07) is -0.189. The van der Waals surface area contributed by atoms with Crippen molar-refractivity contribution in [3.8, 4) is 0 Å². The Morgan fingerprint density at radius 2 is 2.33 bits per heavy atom. The second-order valence-electron chi connectivity index (χ2n) is 4.19. The van der Waals surface area contributed by atoms with Gasteiger partial charge >= 0.3 is 5.97 Å². The summed E-state index contributed by atoms with van der Waals surface area (Å²) in [5.41, 5.74) is 0. The van der Waals surface area contributed by atoms with E-state index in [0.29, 0.717) is 0 Å². The van der Waals surface area contributed by atoms with Crippen molar-refractivity contribution < 1.29 is 9.53 Å². The number of unbranched alkanes of at least 4 members (excludes halogenated alkanes) is 1. The Balaban J connectivity index is 2.21. The molecule has 1 unspecified atom stereocenters. The molecule has 1 atom stereocenters. The van der Waals surface area contributed by atoms with Crippen LogP contribution in [0.5, 0.6) is 0 Å². The normalized spacial score (nSPS) is 12.3. The van der Waals surface area contributed by atoms with Gasteiger partial charge in [0.15, 0.2) is 0 Å². The van der Waals surface area contributed by atoms with Gasteiger partial charge in [0.25, 0.3) is 0 Å². The van der Waals surface area contributed by atoms with Crippen LogP contribution in [0.2, 0.25) is 0 Å². The lowest BCUT2D eigenvalue weighted by molar-refractivity contribution is -0.143. The number of aryl methyl sites for hydroxylation is 1. The Morgan fingerprint density at radius 3 is 2.94 bits per heavy atom. The van der Waals surface area contributed by atoms with E-state index in [0.717, 1.165) is 38.8 Å². The largest absolute Gasteiger partial charge is 0.468 e. The van der Waals surface area contributed by atoms with Gasteiger partial charge < -0.3 is 10.1 Å². The van der Waals surface area contributed by atoms with Crippen molar-refractivity contribution in [1.29, 1.82) is 0 Å². The molecule has 1 aromatic rings. The zero-order valence-electron chi connectivity index (χ0n) is 11.1. The highest BCUT2D eigenvalue weighted by molar-refractivity contribution is 5.75. The van der Waals surface area contributed by atoms with Crippen molar-refractivity contribution in [2.45, 2.75) is 45.2 Å². The molecule has 0 saturated heterocycles. The van der Waals surface area contributed by atoms with Crippen LogP contribution >= 0.6 is 0 Å².